The number of carbonyl (C=O) groups is 12. The molecule has 0 spiro atoms. The predicted molar refractivity (Wildman–Crippen MR) is 411 cm³/mol. The number of urea groups is 1. The van der Waals surface area contributed by atoms with Gasteiger partial charge in [0.1, 0.15) is 54.7 Å². The number of aliphatic hydroxyl groups excluding tert-OH is 3. The third kappa shape index (κ3) is 29.8. The van der Waals surface area contributed by atoms with Gasteiger partial charge in [0.2, 0.25) is 53.2 Å². The van der Waals surface area contributed by atoms with Crippen LogP contribution in [0.5, 0.6) is 0 Å². The third-order valence-electron chi connectivity index (χ3n) is 17.8. The van der Waals surface area contributed by atoms with Gasteiger partial charge in [-0.2, -0.15) is 0 Å². The van der Waals surface area contributed by atoms with E-state index in [0.29, 0.717) is 33.3 Å². The van der Waals surface area contributed by atoms with Crippen molar-refractivity contribution in [3.05, 3.63) is 138 Å². The molecule has 20 N–H and O–H groups in total. The first kappa shape index (κ1) is 87.3. The molecule has 1 fully saturated rings. The van der Waals surface area contributed by atoms with Crippen LogP contribution in [0.15, 0.2) is 115 Å². The minimum absolute atomic E-state index is 0.000796. The van der Waals surface area contributed by atoms with Crippen LogP contribution in [-0.4, -0.2) is 202 Å². The molecule has 0 saturated carbocycles. The summed E-state index contributed by atoms with van der Waals surface area (Å²) in [5.41, 5.74) is 15.2. The second-order valence-electron chi connectivity index (χ2n) is 27.3. The number of aromatic amines is 1. The minimum Gasteiger partial charge on any atom is -0.445 e. The van der Waals surface area contributed by atoms with E-state index in [-0.39, 0.29) is 114 Å². The Morgan fingerprint density at radius 2 is 1.25 bits per heavy atom. The molecular formula is C75H105N15O16S2. The van der Waals surface area contributed by atoms with Crippen LogP contribution in [0.2, 0.25) is 0 Å². The number of ketones is 1. The zero-order valence-electron chi connectivity index (χ0n) is 61.7. The molecule has 2 heterocycles. The molecule has 0 bridgehead atoms. The van der Waals surface area contributed by atoms with E-state index in [2.05, 4.69) is 68.8 Å². The molecule has 2 unspecified atom stereocenters. The van der Waals surface area contributed by atoms with E-state index < -0.39 is 150 Å². The first-order valence-electron chi connectivity index (χ1n) is 36.2. The molecule has 33 heteroatoms. The van der Waals surface area contributed by atoms with Crippen molar-refractivity contribution in [3.8, 4) is 0 Å². The lowest BCUT2D eigenvalue weighted by molar-refractivity contribution is -0.136. The fourth-order valence-electron chi connectivity index (χ4n) is 11.5. The Labute approximate surface area is 636 Å². The number of carbonyl (C=O) groups excluding carboxylic acids is 12. The number of anilines is 1. The van der Waals surface area contributed by atoms with Gasteiger partial charge in [-0.1, -0.05) is 140 Å². The number of primary amides is 1. The topological polar surface area (TPSA) is 487 Å². The predicted octanol–water partition coefficient (Wildman–Crippen LogP) is 1.65. The summed E-state index contributed by atoms with van der Waals surface area (Å²) in [6, 6.07) is 18.4. The second-order valence-corrected chi connectivity index (χ2v) is 29.9. The molecule has 12 amide bonds. The van der Waals surface area contributed by atoms with Crippen LogP contribution in [0.3, 0.4) is 0 Å². The Hall–Kier alpha value is -9.64. The average molecular weight is 1540 g/mol. The number of ether oxygens (including phenoxy) is 1. The number of amides is 12. The number of fused-ring (bicyclic) bond motifs is 1. The molecule has 108 heavy (non-hydrogen) atoms. The lowest BCUT2D eigenvalue weighted by Gasteiger charge is -2.29. The van der Waals surface area contributed by atoms with Gasteiger partial charge < -0.3 is 100 Å². The van der Waals surface area contributed by atoms with Crippen LogP contribution in [0.25, 0.3) is 10.9 Å². The Morgan fingerprint density at radius 3 is 1.90 bits per heavy atom. The van der Waals surface area contributed by atoms with Crippen molar-refractivity contribution in [2.45, 2.75) is 185 Å². The van der Waals surface area contributed by atoms with Crippen LogP contribution >= 0.6 is 21.6 Å². The van der Waals surface area contributed by atoms with E-state index in [0.717, 1.165) is 16.4 Å². The number of nitrogens with one attached hydrogen (secondary N) is 13. The van der Waals surface area contributed by atoms with Crippen molar-refractivity contribution in [3.63, 3.8) is 0 Å². The van der Waals surface area contributed by atoms with Gasteiger partial charge >= 0.3 is 12.1 Å². The number of para-hydroxylation sites is 1. The summed E-state index contributed by atoms with van der Waals surface area (Å²) in [6.07, 6.45) is -1.44. The monoisotopic (exact) mass is 1540 g/mol. The van der Waals surface area contributed by atoms with E-state index >= 15 is 9.59 Å². The second kappa shape index (κ2) is 45.2. The van der Waals surface area contributed by atoms with Crippen molar-refractivity contribution in [1.82, 2.24) is 63.5 Å². The number of alkyl carbamates (subject to hydrolysis) is 1. The lowest BCUT2D eigenvalue weighted by Crippen LogP contribution is -2.62. The van der Waals surface area contributed by atoms with Gasteiger partial charge in [0.15, 0.2) is 0 Å². The number of rotatable bonds is 35. The van der Waals surface area contributed by atoms with Crippen LogP contribution in [0, 0.1) is 11.8 Å². The standard InChI is InChI=1S/C75H105N15O16S2/c1-43(2)62(94)30-31-63(95)89-64(44(3)4)72(102)85-57(25-17-33-78-74(77)104)67(97)82-51-28-26-49(27-29-51)40-106-75(105)79-32-16-15-24-56-68(98)90-65(46(6)93)73(103)83-52(38-81-60(39-91)45(5)92)41-107-108-42-61(88-66(96)54(76)34-47-18-9-7-10-19-47)71(101)86-58(35-48-20-11-8-12-21-48)69(99)87-59(70(100)84-56)36-50-37-80-55-23-14-13-22-53(50)55/h7-14,18-23,26-29,37,43-46,52,54,56-61,64-65,80-81,91-93H,15-17,24-25,30-36,38-42,76H2,1-6H3,(H,79,105)(H,82,97)(H,83,103)(H,84,100)(H,85,102)(H,86,101)(H,87,99)(H,88,96)(H,89,95)(H,90,98)(H3,77,78,104)/t45-,46-,52?,54-,56+,57+,58+,59-,60-,61+,64+,65?/m1/s1. The molecule has 6 rings (SSSR count). The quantitative estimate of drug-likeness (QED) is 0.0203. The largest absolute Gasteiger partial charge is 0.445 e. The van der Waals surface area contributed by atoms with Gasteiger partial charge in [-0.05, 0) is 98.7 Å². The summed E-state index contributed by atoms with van der Waals surface area (Å²) in [4.78, 5) is 168. The number of aromatic nitrogens is 1. The van der Waals surface area contributed by atoms with Gasteiger partial charge in [0.05, 0.1) is 36.9 Å². The lowest BCUT2D eigenvalue weighted by atomic mass is 10.0. The Balaban J connectivity index is 1.20. The van der Waals surface area contributed by atoms with Crippen molar-refractivity contribution in [2.24, 2.45) is 23.3 Å². The highest BCUT2D eigenvalue weighted by molar-refractivity contribution is 8.76. The summed E-state index contributed by atoms with van der Waals surface area (Å²) < 4.78 is 5.49. The maximum Gasteiger partial charge on any atom is 0.407 e. The molecule has 1 aromatic heterocycles. The van der Waals surface area contributed by atoms with E-state index in [1.54, 1.807) is 107 Å². The van der Waals surface area contributed by atoms with E-state index in [4.69, 9.17) is 16.2 Å². The van der Waals surface area contributed by atoms with Gasteiger partial charge in [0.25, 0.3) is 0 Å². The van der Waals surface area contributed by atoms with Crippen molar-refractivity contribution in [1.29, 1.82) is 0 Å². The van der Waals surface area contributed by atoms with Gasteiger partial charge in [-0.15, -0.1) is 0 Å². The number of hydrogen-bond donors (Lipinski definition) is 18. The molecule has 4 aromatic carbocycles. The van der Waals surface area contributed by atoms with Crippen molar-refractivity contribution >= 4 is 109 Å². The smallest absolute Gasteiger partial charge is 0.407 e. The fourth-order valence-corrected chi connectivity index (χ4v) is 13.9. The molecule has 5 aromatic rings. The third-order valence-corrected chi connectivity index (χ3v) is 20.3. The molecule has 0 aliphatic carbocycles. The minimum atomic E-state index is -1.64. The van der Waals surface area contributed by atoms with Crippen LogP contribution < -0.4 is 75.3 Å². The van der Waals surface area contributed by atoms with Gasteiger partial charge in [-0.25, -0.2) is 9.59 Å². The number of hydrogen-bond acceptors (Lipinski definition) is 20. The molecule has 31 nitrogen and oxygen atoms in total. The summed E-state index contributed by atoms with van der Waals surface area (Å²) in [5, 5.41) is 65.6. The average Bonchev–Trinajstić information content (AvgIpc) is 1.39. The van der Waals surface area contributed by atoms with Crippen molar-refractivity contribution < 1.29 is 77.6 Å². The van der Waals surface area contributed by atoms with Gasteiger partial charge in [0, 0.05) is 85.5 Å². The Kier molecular flexibility index (Phi) is 36.6. The molecule has 0 radical (unpaired) electrons. The molecule has 588 valence electrons. The Morgan fingerprint density at radius 1 is 0.630 bits per heavy atom. The van der Waals surface area contributed by atoms with E-state index in [1.165, 1.54) is 24.6 Å². The summed E-state index contributed by atoms with van der Waals surface area (Å²) in [5.74, 6) is -7.40. The summed E-state index contributed by atoms with van der Waals surface area (Å²) >= 11 is 0. The number of nitrogens with two attached hydrogens (primary N) is 2. The normalized spacial score (nSPS) is 19.4. The zero-order chi connectivity index (χ0) is 78.8. The number of H-pyrrole nitrogens is 1. The Bertz CT molecular complexity index is 3780. The molecule has 12 atom stereocenters. The first-order valence-corrected chi connectivity index (χ1v) is 38.7. The summed E-state index contributed by atoms with van der Waals surface area (Å²) in [7, 11) is 2.33. The number of aliphatic hydroxyl groups is 3. The molecule has 1 aliphatic rings. The van der Waals surface area contributed by atoms with Crippen molar-refractivity contribution in [2.75, 3.05) is 43.1 Å². The zero-order valence-corrected chi connectivity index (χ0v) is 63.3. The van der Waals surface area contributed by atoms with Crippen LogP contribution in [0.4, 0.5) is 15.3 Å². The van der Waals surface area contributed by atoms with E-state index in [1.807, 2.05) is 36.4 Å². The number of benzene rings is 4. The maximum absolute atomic E-state index is 15.2. The summed E-state index contributed by atoms with van der Waals surface area (Å²) in [6.45, 7) is 8.98. The molecule has 1 saturated heterocycles. The van der Waals surface area contributed by atoms with E-state index in [9.17, 15) is 63.3 Å². The maximum atomic E-state index is 15.2. The van der Waals surface area contributed by atoms with Crippen LogP contribution in [-0.2, 0) is 78.6 Å². The number of unbranched alkanes of at least 4 members (excludes halogenated alkanes) is 1. The SMILES string of the molecule is CC(C)C(=O)CCC(=O)N[C@H](C(=O)N[C@@H](CCCNC(N)=O)C(=O)Nc1ccc(COC(=O)NCCCC[C@@H]2NC(=O)[C@@H](Cc3c[nH]c4ccccc34)NC(=O)[C@H](Cc3ccccc3)NC(=O)[C@@H](NC(=O)[C@H](N)Cc3ccccc3)CSSCC(CN[C@H](CO)[C@@H](C)O)NC(=O)C([C@@H](C)O)NC2=O)cc1)C(C)C. The first-order chi connectivity index (χ1) is 51.6. The molecule has 1 aliphatic heterocycles. The highest BCUT2D eigenvalue weighted by atomic mass is 33.1. The highest BCUT2D eigenvalue weighted by Crippen LogP contribution is 2.25. The molecular weight excluding hydrogens is 1430 g/mol. The fraction of sp³-hybridized carbons (Fsp3) is 0.493. The van der Waals surface area contributed by atoms with Crippen LogP contribution in [0.1, 0.15) is 109 Å². The van der Waals surface area contributed by atoms with Gasteiger partial charge in [-0.3, -0.25) is 47.9 Å². The highest BCUT2D eigenvalue weighted by Gasteiger charge is 2.37. The number of Topliss-reactive ketones (excluding diaryl/α,β-unsaturated/α-hetero) is 1.